The topological polar surface area (TPSA) is 86.8 Å². The second-order valence-electron chi connectivity index (χ2n) is 6.79. The molecular weight excluding hydrogens is 458 g/mol. The van der Waals surface area contributed by atoms with Gasteiger partial charge >= 0.3 is 0 Å². The van der Waals surface area contributed by atoms with Crippen molar-refractivity contribution in [2.24, 2.45) is 0 Å². The van der Waals surface area contributed by atoms with E-state index in [0.717, 1.165) is 10.0 Å². The lowest BCUT2D eigenvalue weighted by Crippen LogP contribution is -2.50. The molecule has 0 saturated carbocycles. The highest BCUT2D eigenvalue weighted by Crippen LogP contribution is 2.20. The van der Waals surface area contributed by atoms with E-state index in [1.807, 2.05) is 0 Å². The first-order chi connectivity index (χ1) is 13.8. The van der Waals surface area contributed by atoms with Gasteiger partial charge in [-0.3, -0.25) is 9.59 Å². The van der Waals surface area contributed by atoms with Crippen LogP contribution in [0.3, 0.4) is 0 Å². The van der Waals surface area contributed by atoms with E-state index in [0.29, 0.717) is 18.8 Å². The molecule has 0 unspecified atom stereocenters. The lowest BCUT2D eigenvalue weighted by atomic mass is 10.1. The summed E-state index contributed by atoms with van der Waals surface area (Å²) in [4.78, 5) is 25.6. The Morgan fingerprint density at radius 2 is 1.55 bits per heavy atom. The number of piperazine rings is 1. The van der Waals surface area contributed by atoms with Crippen LogP contribution < -0.4 is 5.32 Å². The fourth-order valence-electron chi connectivity index (χ4n) is 3.13. The zero-order valence-electron chi connectivity index (χ0n) is 16.0. The molecule has 0 spiro atoms. The molecule has 1 heterocycles. The number of nitrogens with one attached hydrogen (secondary N) is 1. The minimum Gasteiger partial charge on any atom is -0.340 e. The van der Waals surface area contributed by atoms with Crippen LogP contribution in [-0.2, 0) is 26.0 Å². The molecule has 0 radical (unpaired) electrons. The Labute approximate surface area is 178 Å². The highest BCUT2D eigenvalue weighted by Gasteiger charge is 2.30. The standard InChI is InChI=1S/C20H22BrN3O4S/c1-15(25)22-18-6-2-16(3-7-18)14-20(26)23-10-12-24(13-11-23)29(27,28)19-8-4-17(21)5-9-19/h2-9H,10-14H2,1H3,(H,22,25). The fraction of sp³-hybridized carbons (Fsp3) is 0.300. The summed E-state index contributed by atoms with van der Waals surface area (Å²) in [5.74, 6) is -0.192. The number of nitrogens with zero attached hydrogens (tertiary/aromatic N) is 2. The summed E-state index contributed by atoms with van der Waals surface area (Å²) in [5, 5.41) is 2.68. The molecule has 1 N–H and O–H groups in total. The van der Waals surface area contributed by atoms with Gasteiger partial charge in [0.25, 0.3) is 0 Å². The highest BCUT2D eigenvalue weighted by molar-refractivity contribution is 9.10. The van der Waals surface area contributed by atoms with Crippen molar-refractivity contribution in [3.63, 3.8) is 0 Å². The van der Waals surface area contributed by atoms with Gasteiger partial charge in [0.1, 0.15) is 0 Å². The lowest BCUT2D eigenvalue weighted by molar-refractivity contribution is -0.131. The van der Waals surface area contributed by atoms with E-state index in [-0.39, 0.29) is 36.2 Å². The smallest absolute Gasteiger partial charge is 0.243 e. The summed E-state index contributed by atoms with van der Waals surface area (Å²) in [6, 6.07) is 13.7. The van der Waals surface area contributed by atoms with Crippen LogP contribution in [0.2, 0.25) is 0 Å². The van der Waals surface area contributed by atoms with Gasteiger partial charge in [0.15, 0.2) is 0 Å². The number of carbonyl (C=O) groups is 2. The van der Waals surface area contributed by atoms with Gasteiger partial charge in [-0.25, -0.2) is 8.42 Å². The molecule has 2 amide bonds. The molecule has 154 valence electrons. The Hall–Kier alpha value is -2.23. The molecule has 1 aliphatic rings. The lowest BCUT2D eigenvalue weighted by Gasteiger charge is -2.34. The van der Waals surface area contributed by atoms with E-state index >= 15 is 0 Å². The van der Waals surface area contributed by atoms with Crippen molar-refractivity contribution in [1.82, 2.24) is 9.21 Å². The van der Waals surface area contributed by atoms with Gasteiger partial charge in [-0.05, 0) is 42.0 Å². The number of rotatable bonds is 5. The molecule has 1 aliphatic heterocycles. The highest BCUT2D eigenvalue weighted by atomic mass is 79.9. The second kappa shape index (κ2) is 9.06. The van der Waals surface area contributed by atoms with Crippen molar-refractivity contribution in [3.05, 3.63) is 58.6 Å². The third-order valence-corrected chi connectivity index (χ3v) is 7.11. The molecule has 1 fully saturated rings. The summed E-state index contributed by atoms with van der Waals surface area (Å²) < 4.78 is 27.7. The van der Waals surface area contributed by atoms with Crippen molar-refractivity contribution < 1.29 is 18.0 Å². The van der Waals surface area contributed by atoms with Crippen LogP contribution in [0.5, 0.6) is 0 Å². The molecule has 3 rings (SSSR count). The number of hydrogen-bond acceptors (Lipinski definition) is 4. The maximum atomic E-state index is 12.8. The first kappa shape index (κ1) is 21.5. The summed E-state index contributed by atoms with van der Waals surface area (Å²) in [5.41, 5.74) is 1.52. The maximum absolute atomic E-state index is 12.8. The first-order valence-corrected chi connectivity index (χ1v) is 11.4. The van der Waals surface area contributed by atoms with Crippen LogP contribution in [0.15, 0.2) is 57.9 Å². The molecule has 2 aromatic carbocycles. The van der Waals surface area contributed by atoms with Crippen molar-refractivity contribution >= 4 is 43.5 Å². The molecule has 9 heteroatoms. The van der Waals surface area contributed by atoms with Crippen LogP contribution >= 0.6 is 15.9 Å². The third-order valence-electron chi connectivity index (χ3n) is 4.67. The molecule has 0 aromatic heterocycles. The van der Waals surface area contributed by atoms with Crippen LogP contribution in [0, 0.1) is 0 Å². The average molecular weight is 480 g/mol. The van der Waals surface area contributed by atoms with Gasteiger partial charge in [0, 0.05) is 43.3 Å². The number of benzene rings is 2. The first-order valence-electron chi connectivity index (χ1n) is 9.16. The monoisotopic (exact) mass is 479 g/mol. The van der Waals surface area contributed by atoms with Crippen molar-refractivity contribution in [3.8, 4) is 0 Å². The SMILES string of the molecule is CC(=O)Nc1ccc(CC(=O)N2CCN(S(=O)(=O)c3ccc(Br)cc3)CC2)cc1. The Balaban J connectivity index is 1.56. The molecule has 0 atom stereocenters. The van der Waals surface area contributed by atoms with Gasteiger partial charge in [0.2, 0.25) is 21.8 Å². The Bertz CT molecular complexity index is 983. The number of halogens is 1. The zero-order chi connectivity index (χ0) is 21.0. The van der Waals surface area contributed by atoms with Crippen molar-refractivity contribution in [2.75, 3.05) is 31.5 Å². The third kappa shape index (κ3) is 5.43. The minimum atomic E-state index is -3.56. The quantitative estimate of drug-likeness (QED) is 0.713. The Morgan fingerprint density at radius 3 is 2.10 bits per heavy atom. The predicted octanol–water partition coefficient (Wildman–Crippen LogP) is 2.48. The van der Waals surface area contributed by atoms with E-state index in [1.165, 1.54) is 11.2 Å². The minimum absolute atomic E-state index is 0.0435. The molecular formula is C20H22BrN3O4S. The maximum Gasteiger partial charge on any atom is 0.243 e. The number of anilines is 1. The average Bonchev–Trinajstić information content (AvgIpc) is 2.69. The van der Waals surface area contributed by atoms with E-state index < -0.39 is 10.0 Å². The molecule has 0 bridgehead atoms. The van der Waals surface area contributed by atoms with E-state index in [1.54, 1.807) is 53.4 Å². The Kier molecular flexibility index (Phi) is 6.71. The fourth-order valence-corrected chi connectivity index (χ4v) is 4.82. The summed E-state index contributed by atoms with van der Waals surface area (Å²) in [6.45, 7) is 2.70. The number of carbonyl (C=O) groups excluding carboxylic acids is 2. The normalized spacial score (nSPS) is 15.2. The van der Waals surface area contributed by atoms with Gasteiger partial charge in [-0.15, -0.1) is 0 Å². The predicted molar refractivity (Wildman–Crippen MR) is 114 cm³/mol. The molecule has 1 saturated heterocycles. The zero-order valence-corrected chi connectivity index (χ0v) is 18.4. The van der Waals surface area contributed by atoms with Gasteiger partial charge in [-0.2, -0.15) is 4.31 Å². The summed E-state index contributed by atoms with van der Waals surface area (Å²) >= 11 is 3.30. The Morgan fingerprint density at radius 1 is 0.966 bits per heavy atom. The molecule has 2 aromatic rings. The van der Waals surface area contributed by atoms with Crippen LogP contribution in [0.25, 0.3) is 0 Å². The van der Waals surface area contributed by atoms with Crippen LogP contribution in [0.4, 0.5) is 5.69 Å². The summed E-state index contributed by atoms with van der Waals surface area (Å²) in [6.07, 6.45) is 0.236. The molecule has 29 heavy (non-hydrogen) atoms. The number of amides is 2. The largest absolute Gasteiger partial charge is 0.340 e. The van der Waals surface area contributed by atoms with E-state index in [4.69, 9.17) is 0 Å². The van der Waals surface area contributed by atoms with Gasteiger partial charge in [-0.1, -0.05) is 28.1 Å². The van der Waals surface area contributed by atoms with E-state index in [9.17, 15) is 18.0 Å². The van der Waals surface area contributed by atoms with Crippen LogP contribution in [0.1, 0.15) is 12.5 Å². The van der Waals surface area contributed by atoms with Crippen LogP contribution in [-0.4, -0.2) is 55.6 Å². The molecule has 0 aliphatic carbocycles. The van der Waals surface area contributed by atoms with Gasteiger partial charge in [0.05, 0.1) is 11.3 Å². The second-order valence-corrected chi connectivity index (χ2v) is 9.65. The number of sulfonamides is 1. The van der Waals surface area contributed by atoms with Crippen molar-refractivity contribution in [1.29, 1.82) is 0 Å². The van der Waals surface area contributed by atoms with E-state index in [2.05, 4.69) is 21.2 Å². The number of hydrogen-bond donors (Lipinski definition) is 1. The molecule has 7 nitrogen and oxygen atoms in total. The summed E-state index contributed by atoms with van der Waals surface area (Å²) in [7, 11) is -3.56. The van der Waals surface area contributed by atoms with Crippen molar-refractivity contribution in [2.45, 2.75) is 18.2 Å². The van der Waals surface area contributed by atoms with Gasteiger partial charge < -0.3 is 10.2 Å².